The number of epoxide rings is 1. The summed E-state index contributed by atoms with van der Waals surface area (Å²) in [6, 6.07) is 0. The molecule has 8 fully saturated rings. The third-order valence-electron chi connectivity index (χ3n) is 16.3. The van der Waals surface area contributed by atoms with Gasteiger partial charge in [0.2, 0.25) is 0 Å². The van der Waals surface area contributed by atoms with E-state index in [0.717, 1.165) is 44.9 Å². The van der Waals surface area contributed by atoms with Crippen molar-refractivity contribution in [3.63, 3.8) is 0 Å². The molecule has 3 heterocycles. The molecule has 11 heteroatoms. The molecule has 2 spiro atoms. The van der Waals surface area contributed by atoms with E-state index in [-0.39, 0.29) is 83.4 Å². The van der Waals surface area contributed by atoms with Gasteiger partial charge in [-0.1, -0.05) is 27.7 Å². The molecule has 50 heavy (non-hydrogen) atoms. The van der Waals surface area contributed by atoms with Gasteiger partial charge in [-0.3, -0.25) is 4.79 Å². The first kappa shape index (κ1) is 36.1. The third-order valence-corrected chi connectivity index (χ3v) is 16.3. The van der Waals surface area contributed by atoms with Crippen LogP contribution in [0, 0.1) is 51.2 Å². The van der Waals surface area contributed by atoms with Gasteiger partial charge in [0.25, 0.3) is 0 Å². The maximum Gasteiger partial charge on any atom is 0.302 e. The Morgan fingerprint density at radius 1 is 0.880 bits per heavy atom. The van der Waals surface area contributed by atoms with Gasteiger partial charge in [-0.15, -0.1) is 0 Å². The summed E-state index contributed by atoms with van der Waals surface area (Å²) in [6.45, 7) is 15.7. The normalized spacial score (nSPS) is 54.2. The molecule has 11 nitrogen and oxygen atoms in total. The van der Waals surface area contributed by atoms with E-state index in [9.17, 15) is 20.1 Å². The van der Waals surface area contributed by atoms with Gasteiger partial charge in [-0.25, -0.2) is 0 Å². The molecule has 3 saturated heterocycles. The van der Waals surface area contributed by atoms with Gasteiger partial charge in [0, 0.05) is 18.8 Å². The fraction of sp³-hybridized carbons (Fsp3) is 0.974. The van der Waals surface area contributed by atoms with Gasteiger partial charge in [0.15, 0.2) is 12.1 Å². The molecule has 8 rings (SSSR count). The van der Waals surface area contributed by atoms with Crippen molar-refractivity contribution in [2.45, 2.75) is 154 Å². The fourth-order valence-electron chi connectivity index (χ4n) is 14.3. The Hall–Kier alpha value is -0.890. The average Bonchev–Trinajstić information content (AvgIpc) is 3.85. The number of hydrogen-bond donors (Lipinski definition) is 3. The van der Waals surface area contributed by atoms with Crippen LogP contribution >= 0.6 is 0 Å². The SMILES string of the molecule is CC(=O)O[C@@H]1C[C@@]23[C@H](C)C24CCC(OC2OCCO[C@H](CO)C2O)C(C)(C)C4CC[C@H]3C2CC3OC(OCCO)(C4OC4(C)C)CCC3[C@]21C. The summed E-state index contributed by atoms with van der Waals surface area (Å²) in [6.07, 6.45) is 4.35. The Bertz CT molecular complexity index is 1320. The number of rotatable bonds is 8. The van der Waals surface area contributed by atoms with Gasteiger partial charge < -0.3 is 48.5 Å². The summed E-state index contributed by atoms with van der Waals surface area (Å²) in [5.74, 6) is 0.896. The lowest BCUT2D eigenvalue weighted by atomic mass is 9.45. The van der Waals surface area contributed by atoms with Crippen molar-refractivity contribution >= 4 is 5.97 Å². The van der Waals surface area contributed by atoms with Crippen molar-refractivity contribution in [2.75, 3.05) is 33.0 Å². The predicted octanol–water partition coefficient (Wildman–Crippen LogP) is 3.97. The Labute approximate surface area is 297 Å². The monoisotopic (exact) mass is 706 g/mol. The lowest BCUT2D eigenvalue weighted by Crippen LogP contribution is -2.60. The van der Waals surface area contributed by atoms with Crippen LogP contribution in [0.3, 0.4) is 0 Å². The summed E-state index contributed by atoms with van der Waals surface area (Å²) in [7, 11) is 0. The molecule has 284 valence electrons. The second kappa shape index (κ2) is 12.1. The fourth-order valence-corrected chi connectivity index (χ4v) is 14.3. The maximum absolute atomic E-state index is 12.9. The third kappa shape index (κ3) is 4.82. The zero-order valence-electron chi connectivity index (χ0n) is 31.2. The highest BCUT2D eigenvalue weighted by molar-refractivity contribution is 5.66. The molecule has 0 amide bonds. The lowest BCUT2D eigenvalue weighted by molar-refractivity contribution is -0.304. The van der Waals surface area contributed by atoms with Crippen molar-refractivity contribution in [1.29, 1.82) is 0 Å². The highest BCUT2D eigenvalue weighted by Gasteiger charge is 2.86. The standard InChI is InChI=1S/C39H62O11/c1-21-37-12-11-29(48-32-31(43)27(20-41)44-16-17-45-32)34(3,4)28(37)9-8-23-25-18-26-24(36(25,7)30(47-22(2)42)19-38(21,23)37)10-13-39(49-26,46-15-14-40)33-35(5,6)50-33/h21,23-33,40-41,43H,8-20H2,1-7H3/t21-,23+,24?,25?,26?,27-,28?,29?,30-,31?,32?,33?,36-,37?,38+,39?/m1/s1. The molecule has 16 atom stereocenters. The number of carbonyl (C=O) groups is 1. The highest BCUT2D eigenvalue weighted by Crippen LogP contribution is 2.90. The van der Waals surface area contributed by atoms with Crippen LogP contribution in [0.2, 0.25) is 0 Å². The van der Waals surface area contributed by atoms with E-state index in [1.165, 1.54) is 0 Å². The Morgan fingerprint density at radius 2 is 1.62 bits per heavy atom. The highest BCUT2D eigenvalue weighted by atomic mass is 16.8. The van der Waals surface area contributed by atoms with Gasteiger partial charge in [-0.2, -0.15) is 0 Å². The first-order valence-corrected chi connectivity index (χ1v) is 19.6. The molecule has 0 aromatic heterocycles. The van der Waals surface area contributed by atoms with Crippen molar-refractivity contribution < 1.29 is 53.3 Å². The van der Waals surface area contributed by atoms with Crippen LogP contribution in [0.1, 0.15) is 99.8 Å². The molecular weight excluding hydrogens is 644 g/mol. The molecule has 5 saturated carbocycles. The van der Waals surface area contributed by atoms with Crippen LogP contribution in [0.15, 0.2) is 0 Å². The molecule has 0 radical (unpaired) electrons. The van der Waals surface area contributed by atoms with E-state index in [1.54, 1.807) is 6.92 Å². The molecule has 3 aliphatic heterocycles. The van der Waals surface area contributed by atoms with E-state index < -0.39 is 24.3 Å². The number of carbonyl (C=O) groups excluding carboxylic acids is 1. The van der Waals surface area contributed by atoms with Crippen LogP contribution in [0.25, 0.3) is 0 Å². The van der Waals surface area contributed by atoms with Gasteiger partial charge >= 0.3 is 5.97 Å². The Balaban J connectivity index is 1.08. The van der Waals surface area contributed by atoms with Crippen molar-refractivity contribution in [3.8, 4) is 0 Å². The molecule has 10 unspecified atom stereocenters. The lowest BCUT2D eigenvalue weighted by Gasteiger charge is -2.61. The summed E-state index contributed by atoms with van der Waals surface area (Å²) in [5.41, 5.74) is -0.541. The van der Waals surface area contributed by atoms with E-state index in [0.29, 0.717) is 43.3 Å². The van der Waals surface area contributed by atoms with E-state index in [4.69, 9.17) is 33.2 Å². The molecule has 0 aromatic carbocycles. The molecule has 8 aliphatic rings. The zero-order chi connectivity index (χ0) is 35.6. The quantitative estimate of drug-likeness (QED) is 0.249. The molecule has 0 bridgehead atoms. The molecule has 5 aliphatic carbocycles. The van der Waals surface area contributed by atoms with Crippen molar-refractivity contribution in [3.05, 3.63) is 0 Å². The number of aliphatic hydroxyl groups excluding tert-OH is 3. The largest absolute Gasteiger partial charge is 0.462 e. The van der Waals surface area contributed by atoms with Crippen LogP contribution in [0.5, 0.6) is 0 Å². The minimum atomic E-state index is -1.06. The summed E-state index contributed by atoms with van der Waals surface area (Å²) >= 11 is 0. The summed E-state index contributed by atoms with van der Waals surface area (Å²) in [5, 5.41) is 30.6. The van der Waals surface area contributed by atoms with Gasteiger partial charge in [0.05, 0.1) is 50.8 Å². The Morgan fingerprint density at radius 3 is 2.30 bits per heavy atom. The predicted molar refractivity (Wildman–Crippen MR) is 179 cm³/mol. The smallest absolute Gasteiger partial charge is 0.302 e. The van der Waals surface area contributed by atoms with Gasteiger partial charge in [-0.05, 0) is 105 Å². The Kier molecular flexibility index (Phi) is 8.71. The first-order valence-electron chi connectivity index (χ1n) is 19.6. The van der Waals surface area contributed by atoms with E-state index in [2.05, 4.69) is 41.5 Å². The second-order valence-electron chi connectivity index (χ2n) is 18.6. The average molecular weight is 707 g/mol. The number of fused-ring (bicyclic) bond motifs is 4. The zero-order valence-corrected chi connectivity index (χ0v) is 31.2. The summed E-state index contributed by atoms with van der Waals surface area (Å²) in [4.78, 5) is 12.9. The van der Waals surface area contributed by atoms with Gasteiger partial charge in [0.1, 0.15) is 24.4 Å². The first-order chi connectivity index (χ1) is 23.6. The van der Waals surface area contributed by atoms with Crippen LogP contribution in [0.4, 0.5) is 0 Å². The maximum atomic E-state index is 12.9. The minimum absolute atomic E-state index is 0.0355. The topological polar surface area (TPSA) is 146 Å². The molecular formula is C39H62O11. The number of aliphatic hydroxyl groups is 3. The van der Waals surface area contributed by atoms with Crippen LogP contribution < -0.4 is 0 Å². The van der Waals surface area contributed by atoms with E-state index >= 15 is 0 Å². The summed E-state index contributed by atoms with van der Waals surface area (Å²) < 4.78 is 44.3. The van der Waals surface area contributed by atoms with Crippen molar-refractivity contribution in [1.82, 2.24) is 0 Å². The number of esters is 1. The second-order valence-corrected chi connectivity index (χ2v) is 18.6. The van der Waals surface area contributed by atoms with Crippen LogP contribution in [-0.2, 0) is 38.0 Å². The molecule has 3 N–H and O–H groups in total. The van der Waals surface area contributed by atoms with Crippen LogP contribution in [-0.4, -0.2) is 109 Å². The number of ether oxygens (including phenoxy) is 7. The molecule has 0 aromatic rings. The number of hydrogen-bond acceptors (Lipinski definition) is 11. The minimum Gasteiger partial charge on any atom is -0.462 e. The van der Waals surface area contributed by atoms with E-state index in [1.807, 2.05) is 0 Å². The van der Waals surface area contributed by atoms with Crippen molar-refractivity contribution in [2.24, 2.45) is 51.2 Å².